The molecule has 3 atom stereocenters. The van der Waals surface area contributed by atoms with Gasteiger partial charge in [-0.05, 0) is 32.7 Å². The molecule has 0 aromatic rings. The van der Waals surface area contributed by atoms with Gasteiger partial charge < -0.3 is 14.6 Å². The molecule has 104 valence electrons. The van der Waals surface area contributed by atoms with Crippen LogP contribution in [0.5, 0.6) is 0 Å². The van der Waals surface area contributed by atoms with Crippen molar-refractivity contribution >= 4 is 0 Å². The molecule has 0 aromatic heterocycles. The van der Waals surface area contributed by atoms with Crippen molar-refractivity contribution in [3.05, 3.63) is 0 Å². The summed E-state index contributed by atoms with van der Waals surface area (Å²) >= 11 is 0. The van der Waals surface area contributed by atoms with E-state index in [4.69, 9.17) is 9.47 Å². The van der Waals surface area contributed by atoms with Gasteiger partial charge in [-0.15, -0.1) is 0 Å². The Labute approximate surface area is 109 Å². The predicted molar refractivity (Wildman–Crippen MR) is 68.3 cm³/mol. The summed E-state index contributed by atoms with van der Waals surface area (Å²) in [6, 6.07) is 0.794. The third-order valence-electron chi connectivity index (χ3n) is 4.88. The molecule has 4 heteroatoms. The minimum atomic E-state index is -0.388. The van der Waals surface area contributed by atoms with Gasteiger partial charge >= 0.3 is 0 Å². The molecule has 2 saturated heterocycles. The maximum atomic E-state index is 10.3. The second kappa shape index (κ2) is 5.08. The van der Waals surface area contributed by atoms with Gasteiger partial charge in [0.25, 0.3) is 0 Å². The zero-order valence-corrected chi connectivity index (χ0v) is 11.3. The van der Waals surface area contributed by atoms with Gasteiger partial charge in [0.1, 0.15) is 0 Å². The van der Waals surface area contributed by atoms with Gasteiger partial charge in [-0.25, -0.2) is 0 Å². The van der Waals surface area contributed by atoms with Crippen molar-refractivity contribution in [3.63, 3.8) is 0 Å². The molecular weight excluding hydrogens is 230 g/mol. The third-order valence-corrected chi connectivity index (χ3v) is 4.88. The summed E-state index contributed by atoms with van der Waals surface area (Å²) in [5, 5.41) is 10.3. The van der Waals surface area contributed by atoms with E-state index in [-0.39, 0.29) is 17.9 Å². The van der Waals surface area contributed by atoms with Crippen molar-refractivity contribution < 1.29 is 14.6 Å². The van der Waals surface area contributed by atoms with E-state index in [1.807, 2.05) is 0 Å². The Kier molecular flexibility index (Phi) is 3.63. The Morgan fingerprint density at radius 3 is 2.67 bits per heavy atom. The smallest absolute Gasteiger partial charge is 0.170 e. The molecule has 1 saturated carbocycles. The minimum absolute atomic E-state index is 0.215. The topological polar surface area (TPSA) is 41.9 Å². The molecule has 3 unspecified atom stereocenters. The van der Waals surface area contributed by atoms with Crippen molar-refractivity contribution in [2.45, 2.75) is 69.4 Å². The van der Waals surface area contributed by atoms with Crippen molar-refractivity contribution in [2.24, 2.45) is 0 Å². The van der Waals surface area contributed by atoms with Crippen LogP contribution in [-0.4, -0.2) is 53.7 Å². The molecule has 4 nitrogen and oxygen atoms in total. The van der Waals surface area contributed by atoms with Gasteiger partial charge in [-0.3, -0.25) is 4.90 Å². The Morgan fingerprint density at radius 2 is 1.94 bits per heavy atom. The standard InChI is InChI=1S/C14H25NO3/c1-11-4-2-3-7-15(11)12-10-14(6-5-13(12)16)17-8-9-18-14/h11-13,16H,2-10H2,1H3. The fourth-order valence-corrected chi connectivity index (χ4v) is 3.83. The number of ether oxygens (including phenoxy) is 2. The predicted octanol–water partition coefficient (Wildman–Crippen LogP) is 1.52. The van der Waals surface area contributed by atoms with Crippen LogP contribution in [0.4, 0.5) is 0 Å². The fourth-order valence-electron chi connectivity index (χ4n) is 3.83. The first kappa shape index (κ1) is 12.9. The highest BCUT2D eigenvalue weighted by atomic mass is 16.7. The zero-order valence-electron chi connectivity index (χ0n) is 11.3. The lowest BCUT2D eigenvalue weighted by Crippen LogP contribution is -2.56. The maximum Gasteiger partial charge on any atom is 0.170 e. The van der Waals surface area contributed by atoms with E-state index in [2.05, 4.69) is 11.8 Å². The summed E-state index contributed by atoms with van der Waals surface area (Å²) in [5.41, 5.74) is 0. The molecule has 1 spiro atoms. The molecular formula is C14H25NO3. The molecule has 2 heterocycles. The van der Waals surface area contributed by atoms with E-state index in [1.165, 1.54) is 19.3 Å². The molecule has 0 bridgehead atoms. The number of rotatable bonds is 1. The highest BCUT2D eigenvalue weighted by molar-refractivity contribution is 4.95. The molecule has 0 amide bonds. The maximum absolute atomic E-state index is 10.3. The number of aliphatic hydroxyl groups is 1. The Morgan fingerprint density at radius 1 is 1.17 bits per heavy atom. The molecule has 0 aromatic carbocycles. The average Bonchev–Trinajstić information content (AvgIpc) is 2.82. The van der Waals surface area contributed by atoms with Crippen LogP contribution >= 0.6 is 0 Å². The molecule has 1 aliphatic carbocycles. The minimum Gasteiger partial charge on any atom is -0.391 e. The number of hydrogen-bond acceptors (Lipinski definition) is 4. The van der Waals surface area contributed by atoms with Crippen LogP contribution in [0.25, 0.3) is 0 Å². The summed E-state index contributed by atoms with van der Waals surface area (Å²) in [5.74, 6) is -0.388. The quantitative estimate of drug-likeness (QED) is 0.771. The van der Waals surface area contributed by atoms with Crippen LogP contribution in [-0.2, 0) is 9.47 Å². The van der Waals surface area contributed by atoms with Crippen LogP contribution in [0.1, 0.15) is 45.4 Å². The molecule has 18 heavy (non-hydrogen) atoms. The number of piperidine rings is 1. The van der Waals surface area contributed by atoms with Gasteiger partial charge in [0.05, 0.1) is 19.3 Å². The molecule has 2 aliphatic heterocycles. The fraction of sp³-hybridized carbons (Fsp3) is 1.00. The monoisotopic (exact) mass is 255 g/mol. The largest absolute Gasteiger partial charge is 0.391 e. The lowest BCUT2D eigenvalue weighted by atomic mass is 9.84. The van der Waals surface area contributed by atoms with Gasteiger partial charge in [0, 0.05) is 24.9 Å². The Bertz CT molecular complexity index is 291. The highest BCUT2D eigenvalue weighted by Gasteiger charge is 2.47. The summed E-state index contributed by atoms with van der Waals surface area (Å²) in [4.78, 5) is 2.49. The Balaban J connectivity index is 1.72. The van der Waals surface area contributed by atoms with E-state index < -0.39 is 0 Å². The van der Waals surface area contributed by atoms with E-state index >= 15 is 0 Å². The van der Waals surface area contributed by atoms with Crippen molar-refractivity contribution in [1.82, 2.24) is 4.90 Å². The summed E-state index contributed by atoms with van der Waals surface area (Å²) in [6.07, 6.45) is 6.07. The highest BCUT2D eigenvalue weighted by Crippen LogP contribution is 2.39. The third kappa shape index (κ3) is 2.31. The lowest BCUT2D eigenvalue weighted by molar-refractivity contribution is -0.208. The van der Waals surface area contributed by atoms with Crippen molar-refractivity contribution in [2.75, 3.05) is 19.8 Å². The molecule has 3 aliphatic rings. The van der Waals surface area contributed by atoms with Crippen LogP contribution in [0.15, 0.2) is 0 Å². The second-order valence-corrected chi connectivity index (χ2v) is 6.07. The number of nitrogens with zero attached hydrogens (tertiary/aromatic N) is 1. The first-order chi connectivity index (χ1) is 8.70. The van der Waals surface area contributed by atoms with Crippen LogP contribution in [0.3, 0.4) is 0 Å². The first-order valence-corrected chi connectivity index (χ1v) is 7.42. The summed E-state index contributed by atoms with van der Waals surface area (Å²) in [7, 11) is 0. The molecule has 3 rings (SSSR count). The number of hydrogen-bond donors (Lipinski definition) is 1. The molecule has 0 radical (unpaired) electrons. The van der Waals surface area contributed by atoms with Gasteiger partial charge in [-0.1, -0.05) is 6.42 Å². The van der Waals surface area contributed by atoms with Gasteiger partial charge in [-0.2, -0.15) is 0 Å². The lowest BCUT2D eigenvalue weighted by Gasteiger charge is -2.47. The van der Waals surface area contributed by atoms with Gasteiger partial charge in [0.2, 0.25) is 0 Å². The summed E-state index contributed by atoms with van der Waals surface area (Å²) < 4.78 is 11.7. The number of aliphatic hydroxyl groups excluding tert-OH is 1. The van der Waals surface area contributed by atoms with E-state index in [0.717, 1.165) is 25.8 Å². The average molecular weight is 255 g/mol. The van der Waals surface area contributed by atoms with Gasteiger partial charge in [0.15, 0.2) is 5.79 Å². The normalized spacial score (nSPS) is 41.3. The second-order valence-electron chi connectivity index (χ2n) is 6.07. The SMILES string of the molecule is CC1CCCCN1C1CC2(CCC1O)OCCO2. The summed E-state index contributed by atoms with van der Waals surface area (Å²) in [6.45, 7) is 4.80. The van der Waals surface area contributed by atoms with Crippen molar-refractivity contribution in [1.29, 1.82) is 0 Å². The van der Waals surface area contributed by atoms with Crippen LogP contribution < -0.4 is 0 Å². The van der Waals surface area contributed by atoms with Crippen LogP contribution in [0.2, 0.25) is 0 Å². The van der Waals surface area contributed by atoms with E-state index in [0.29, 0.717) is 19.3 Å². The van der Waals surface area contributed by atoms with E-state index in [1.54, 1.807) is 0 Å². The number of likely N-dealkylation sites (tertiary alicyclic amines) is 1. The Hall–Kier alpha value is -0.160. The first-order valence-electron chi connectivity index (χ1n) is 7.42. The van der Waals surface area contributed by atoms with Crippen molar-refractivity contribution in [3.8, 4) is 0 Å². The molecule has 1 N–H and O–H groups in total. The van der Waals surface area contributed by atoms with Crippen LogP contribution in [0, 0.1) is 0 Å². The zero-order chi connectivity index (χ0) is 12.6. The molecule has 3 fully saturated rings. The van der Waals surface area contributed by atoms with E-state index in [9.17, 15) is 5.11 Å².